The summed E-state index contributed by atoms with van der Waals surface area (Å²) in [5.41, 5.74) is 8.75. The van der Waals surface area contributed by atoms with Gasteiger partial charge in [-0.3, -0.25) is 0 Å². The van der Waals surface area contributed by atoms with Gasteiger partial charge in [0.1, 0.15) is 5.75 Å². The van der Waals surface area contributed by atoms with E-state index in [1.165, 1.54) is 15.3 Å². The number of rotatable bonds is 4. The van der Waals surface area contributed by atoms with Crippen molar-refractivity contribution < 1.29 is 4.74 Å². The molecule has 0 saturated heterocycles. The Morgan fingerprint density at radius 2 is 1.89 bits per heavy atom. The molecule has 102 valence electrons. The van der Waals surface area contributed by atoms with Crippen molar-refractivity contribution >= 4 is 11.3 Å². The number of ether oxygens (including phenoxy) is 1. The summed E-state index contributed by atoms with van der Waals surface area (Å²) in [7, 11) is 0. The Balaban J connectivity index is 2.28. The quantitative estimate of drug-likeness (QED) is 0.907. The third-order valence-electron chi connectivity index (χ3n) is 2.95. The van der Waals surface area contributed by atoms with Gasteiger partial charge in [-0.25, -0.2) is 0 Å². The minimum absolute atomic E-state index is 0.0746. The van der Waals surface area contributed by atoms with Crippen LogP contribution in [0, 0.1) is 13.8 Å². The molecule has 0 fully saturated rings. The summed E-state index contributed by atoms with van der Waals surface area (Å²) in [6.07, 6.45) is 0.178. The van der Waals surface area contributed by atoms with E-state index >= 15 is 0 Å². The second kappa shape index (κ2) is 5.76. The Bertz CT molecular complexity index is 560. The normalized spacial score (nSPS) is 12.7. The molecule has 0 radical (unpaired) electrons. The van der Waals surface area contributed by atoms with Crippen molar-refractivity contribution in [2.24, 2.45) is 5.73 Å². The summed E-state index contributed by atoms with van der Waals surface area (Å²) in [6.45, 7) is 8.29. The van der Waals surface area contributed by atoms with E-state index < -0.39 is 0 Å². The number of aryl methyl sites for hydroxylation is 2. The lowest BCUT2D eigenvalue weighted by Gasteiger charge is -2.15. The van der Waals surface area contributed by atoms with Crippen LogP contribution in [-0.4, -0.2) is 6.10 Å². The number of thiophene rings is 1. The molecule has 0 aliphatic rings. The first-order valence-electron chi connectivity index (χ1n) is 6.56. The molecule has 0 aliphatic carbocycles. The summed E-state index contributed by atoms with van der Waals surface area (Å²) in [4.78, 5) is 2.54. The van der Waals surface area contributed by atoms with Crippen molar-refractivity contribution in [2.45, 2.75) is 39.8 Å². The first-order valence-corrected chi connectivity index (χ1v) is 7.38. The van der Waals surface area contributed by atoms with Crippen molar-refractivity contribution in [2.75, 3.05) is 0 Å². The van der Waals surface area contributed by atoms with Gasteiger partial charge in [-0.15, -0.1) is 11.3 Å². The predicted octanol–water partition coefficient (Wildman–Crippen LogP) is 4.20. The third kappa shape index (κ3) is 3.37. The van der Waals surface area contributed by atoms with Gasteiger partial charge in [-0.1, -0.05) is 12.1 Å². The highest BCUT2D eigenvalue weighted by Gasteiger charge is 2.15. The molecule has 2 aromatic rings. The van der Waals surface area contributed by atoms with E-state index in [4.69, 9.17) is 10.5 Å². The molecule has 1 heterocycles. The van der Waals surface area contributed by atoms with Gasteiger partial charge in [0, 0.05) is 9.75 Å². The van der Waals surface area contributed by atoms with Crippen LogP contribution >= 0.6 is 11.3 Å². The lowest BCUT2D eigenvalue weighted by Crippen LogP contribution is -2.12. The molecule has 2 N–H and O–H groups in total. The van der Waals surface area contributed by atoms with E-state index in [2.05, 4.69) is 26.0 Å². The lowest BCUT2D eigenvalue weighted by atomic mass is 10.0. The molecule has 1 aromatic carbocycles. The molecule has 19 heavy (non-hydrogen) atoms. The van der Waals surface area contributed by atoms with Crippen molar-refractivity contribution in [1.29, 1.82) is 0 Å². The number of nitrogens with two attached hydrogens (primary N) is 1. The van der Waals surface area contributed by atoms with Crippen LogP contribution in [0.25, 0.3) is 0 Å². The molecule has 1 aromatic heterocycles. The van der Waals surface area contributed by atoms with Crippen LogP contribution in [0.3, 0.4) is 0 Å². The van der Waals surface area contributed by atoms with Gasteiger partial charge < -0.3 is 10.5 Å². The zero-order chi connectivity index (χ0) is 14.0. The Morgan fingerprint density at radius 3 is 2.47 bits per heavy atom. The summed E-state index contributed by atoms with van der Waals surface area (Å²) < 4.78 is 5.72. The summed E-state index contributed by atoms with van der Waals surface area (Å²) in [6, 6.07) is 10.2. The van der Waals surface area contributed by atoms with E-state index in [0.29, 0.717) is 0 Å². The Morgan fingerprint density at radius 1 is 1.16 bits per heavy atom. The number of hydrogen-bond donors (Lipinski definition) is 1. The standard InChI is InChI=1S/C16H21NOS/c1-10(2)18-14-7-5-6-13(9-14)15(17)16-11(3)8-12(4)19-16/h5-10,15H,17H2,1-4H3. The van der Waals surface area contributed by atoms with E-state index in [-0.39, 0.29) is 12.1 Å². The molecular weight excluding hydrogens is 254 g/mol. The summed E-state index contributed by atoms with van der Waals surface area (Å²) >= 11 is 1.77. The maximum atomic E-state index is 6.39. The minimum atomic E-state index is -0.0746. The molecule has 0 saturated carbocycles. The Kier molecular flexibility index (Phi) is 4.27. The van der Waals surface area contributed by atoms with Crippen molar-refractivity contribution in [1.82, 2.24) is 0 Å². The molecule has 0 aliphatic heterocycles. The molecule has 2 nitrogen and oxygen atoms in total. The molecule has 1 atom stereocenters. The van der Waals surface area contributed by atoms with Gasteiger partial charge in [0.2, 0.25) is 0 Å². The fourth-order valence-corrected chi connectivity index (χ4v) is 3.24. The lowest BCUT2D eigenvalue weighted by molar-refractivity contribution is 0.242. The predicted molar refractivity (Wildman–Crippen MR) is 82.0 cm³/mol. The third-order valence-corrected chi connectivity index (χ3v) is 4.19. The van der Waals surface area contributed by atoms with Crippen LogP contribution in [0.4, 0.5) is 0 Å². The highest BCUT2D eigenvalue weighted by Crippen LogP contribution is 2.31. The first-order chi connectivity index (χ1) is 8.97. The average molecular weight is 275 g/mol. The van der Waals surface area contributed by atoms with Gasteiger partial charge in [0.25, 0.3) is 0 Å². The van der Waals surface area contributed by atoms with Crippen LogP contribution in [-0.2, 0) is 0 Å². The van der Waals surface area contributed by atoms with Gasteiger partial charge in [-0.2, -0.15) is 0 Å². The highest BCUT2D eigenvalue weighted by molar-refractivity contribution is 7.12. The summed E-state index contributed by atoms with van der Waals surface area (Å²) in [5, 5.41) is 0. The van der Waals surface area contributed by atoms with Crippen LogP contribution in [0.5, 0.6) is 5.75 Å². The number of hydrogen-bond acceptors (Lipinski definition) is 3. The second-order valence-electron chi connectivity index (χ2n) is 5.12. The fraction of sp³-hybridized carbons (Fsp3) is 0.375. The SMILES string of the molecule is Cc1cc(C)c(C(N)c2cccc(OC(C)C)c2)s1. The minimum Gasteiger partial charge on any atom is -0.491 e. The maximum Gasteiger partial charge on any atom is 0.120 e. The zero-order valence-corrected chi connectivity index (χ0v) is 12.8. The van der Waals surface area contributed by atoms with Crippen molar-refractivity contribution in [3.8, 4) is 5.75 Å². The van der Waals surface area contributed by atoms with Crippen molar-refractivity contribution in [3.63, 3.8) is 0 Å². The molecule has 1 unspecified atom stereocenters. The Labute approximate surface area is 119 Å². The smallest absolute Gasteiger partial charge is 0.120 e. The Hall–Kier alpha value is -1.32. The fourth-order valence-electron chi connectivity index (χ4n) is 2.17. The maximum absolute atomic E-state index is 6.39. The summed E-state index contributed by atoms with van der Waals surface area (Å²) in [5.74, 6) is 0.883. The van der Waals surface area contributed by atoms with Gasteiger partial charge in [-0.05, 0) is 57.0 Å². The highest BCUT2D eigenvalue weighted by atomic mass is 32.1. The van der Waals surface area contributed by atoms with E-state index in [9.17, 15) is 0 Å². The molecular formula is C16H21NOS. The van der Waals surface area contributed by atoms with Gasteiger partial charge in [0.05, 0.1) is 12.1 Å². The topological polar surface area (TPSA) is 35.2 Å². The molecule has 2 rings (SSSR count). The molecule has 3 heteroatoms. The van der Waals surface area contributed by atoms with Crippen LogP contribution in [0.2, 0.25) is 0 Å². The number of benzene rings is 1. The van der Waals surface area contributed by atoms with Crippen LogP contribution in [0.1, 0.15) is 40.8 Å². The average Bonchev–Trinajstić information content (AvgIpc) is 2.67. The largest absolute Gasteiger partial charge is 0.491 e. The van der Waals surface area contributed by atoms with E-state index in [1.807, 2.05) is 32.0 Å². The van der Waals surface area contributed by atoms with Crippen molar-refractivity contribution in [3.05, 3.63) is 51.2 Å². The monoisotopic (exact) mass is 275 g/mol. The zero-order valence-electron chi connectivity index (χ0n) is 11.9. The van der Waals surface area contributed by atoms with Crippen LogP contribution < -0.4 is 10.5 Å². The molecule has 0 spiro atoms. The van der Waals surface area contributed by atoms with Crippen LogP contribution in [0.15, 0.2) is 30.3 Å². The van der Waals surface area contributed by atoms with E-state index in [1.54, 1.807) is 11.3 Å². The first kappa shape index (κ1) is 14.1. The molecule has 0 amide bonds. The van der Waals surface area contributed by atoms with E-state index in [0.717, 1.165) is 11.3 Å². The van der Waals surface area contributed by atoms with Gasteiger partial charge >= 0.3 is 0 Å². The molecule has 0 bridgehead atoms. The second-order valence-corrected chi connectivity index (χ2v) is 6.41. The van der Waals surface area contributed by atoms with Gasteiger partial charge in [0.15, 0.2) is 0 Å².